The van der Waals surface area contributed by atoms with Gasteiger partial charge < -0.3 is 14.7 Å². The SMILES string of the molecule is O=C(OCc1ccccc1)N1C2CCC1CC(O)(Cc1ccc(F)cc1)C2. The van der Waals surface area contributed by atoms with Crippen LogP contribution in [0.25, 0.3) is 0 Å². The number of carbonyl (C=O) groups is 1. The summed E-state index contributed by atoms with van der Waals surface area (Å²) in [5, 5.41) is 11.1. The number of amides is 1. The number of carbonyl (C=O) groups excluding carboxylic acids is 1. The van der Waals surface area contributed by atoms with E-state index in [9.17, 15) is 14.3 Å². The number of aliphatic hydroxyl groups is 1. The lowest BCUT2D eigenvalue weighted by Crippen LogP contribution is -2.54. The van der Waals surface area contributed by atoms with Gasteiger partial charge in [0, 0.05) is 18.5 Å². The Hall–Kier alpha value is -2.40. The van der Waals surface area contributed by atoms with E-state index >= 15 is 0 Å². The van der Waals surface area contributed by atoms with Crippen LogP contribution in [0.1, 0.15) is 36.8 Å². The van der Waals surface area contributed by atoms with Gasteiger partial charge in [-0.2, -0.15) is 0 Å². The first-order valence-electron chi connectivity index (χ1n) is 9.48. The number of ether oxygens (including phenoxy) is 1. The second-order valence-corrected chi connectivity index (χ2v) is 7.77. The summed E-state index contributed by atoms with van der Waals surface area (Å²) in [7, 11) is 0. The molecular weight excluding hydrogens is 345 g/mol. The van der Waals surface area contributed by atoms with Crippen molar-refractivity contribution in [2.24, 2.45) is 0 Å². The second-order valence-electron chi connectivity index (χ2n) is 7.77. The molecule has 1 amide bonds. The van der Waals surface area contributed by atoms with E-state index < -0.39 is 5.60 Å². The van der Waals surface area contributed by atoms with Crippen LogP contribution >= 0.6 is 0 Å². The molecule has 5 heteroatoms. The van der Waals surface area contributed by atoms with Crippen molar-refractivity contribution < 1.29 is 19.0 Å². The van der Waals surface area contributed by atoms with Crippen LogP contribution in [0, 0.1) is 5.82 Å². The molecule has 2 aliphatic rings. The van der Waals surface area contributed by atoms with Crippen molar-refractivity contribution in [1.82, 2.24) is 4.90 Å². The molecule has 0 aliphatic carbocycles. The fourth-order valence-electron chi connectivity index (χ4n) is 4.54. The van der Waals surface area contributed by atoms with Crippen LogP contribution in [-0.2, 0) is 17.8 Å². The maximum absolute atomic E-state index is 13.1. The average molecular weight is 369 g/mol. The number of nitrogens with zero attached hydrogens (tertiary/aromatic N) is 1. The molecule has 2 aliphatic heterocycles. The highest BCUT2D eigenvalue weighted by atomic mass is 19.1. The standard InChI is InChI=1S/C22H24FNO3/c23-18-8-6-16(7-9-18)12-22(26)13-19-10-11-20(14-22)24(19)21(25)27-15-17-4-2-1-3-5-17/h1-9,19-20,26H,10-15H2. The highest BCUT2D eigenvalue weighted by Gasteiger charge is 2.49. The van der Waals surface area contributed by atoms with Crippen molar-refractivity contribution in [3.05, 3.63) is 71.5 Å². The molecule has 0 spiro atoms. The van der Waals surface area contributed by atoms with E-state index in [-0.39, 0.29) is 30.6 Å². The maximum atomic E-state index is 13.1. The minimum absolute atomic E-state index is 0.00234. The van der Waals surface area contributed by atoms with Gasteiger partial charge in [0.2, 0.25) is 0 Å². The minimum Gasteiger partial charge on any atom is -0.445 e. The van der Waals surface area contributed by atoms with Crippen LogP contribution in [0.2, 0.25) is 0 Å². The van der Waals surface area contributed by atoms with E-state index in [1.807, 2.05) is 35.2 Å². The summed E-state index contributed by atoms with van der Waals surface area (Å²) in [5.41, 5.74) is 1.02. The van der Waals surface area contributed by atoms with Gasteiger partial charge in [-0.25, -0.2) is 9.18 Å². The molecule has 2 unspecified atom stereocenters. The zero-order valence-corrected chi connectivity index (χ0v) is 15.2. The third-order valence-corrected chi connectivity index (χ3v) is 5.71. The Bertz CT molecular complexity index is 779. The van der Waals surface area contributed by atoms with Crippen LogP contribution in [0.3, 0.4) is 0 Å². The highest BCUT2D eigenvalue weighted by molar-refractivity contribution is 5.69. The van der Waals surface area contributed by atoms with Crippen molar-refractivity contribution in [2.75, 3.05) is 0 Å². The Morgan fingerprint density at radius 1 is 1.04 bits per heavy atom. The fourth-order valence-corrected chi connectivity index (χ4v) is 4.54. The topological polar surface area (TPSA) is 49.8 Å². The molecule has 2 aromatic carbocycles. The summed E-state index contributed by atoms with van der Waals surface area (Å²) >= 11 is 0. The molecule has 0 saturated carbocycles. The summed E-state index contributed by atoms with van der Waals surface area (Å²) < 4.78 is 18.6. The molecule has 4 rings (SSSR count). The zero-order valence-electron chi connectivity index (χ0n) is 15.2. The third-order valence-electron chi connectivity index (χ3n) is 5.71. The van der Waals surface area contributed by atoms with Gasteiger partial charge in [-0.1, -0.05) is 42.5 Å². The van der Waals surface area contributed by atoms with Crippen LogP contribution in [0.4, 0.5) is 9.18 Å². The van der Waals surface area contributed by atoms with Gasteiger partial charge in [-0.15, -0.1) is 0 Å². The molecule has 2 atom stereocenters. The number of hydrogen-bond donors (Lipinski definition) is 1. The van der Waals surface area contributed by atoms with Gasteiger partial charge in [0.05, 0.1) is 5.60 Å². The van der Waals surface area contributed by atoms with Crippen molar-refractivity contribution >= 4 is 6.09 Å². The lowest BCUT2D eigenvalue weighted by molar-refractivity contribution is -0.0485. The van der Waals surface area contributed by atoms with Gasteiger partial charge in [-0.05, 0) is 48.9 Å². The van der Waals surface area contributed by atoms with E-state index in [0.717, 1.165) is 24.0 Å². The normalized spacial score (nSPS) is 26.8. The highest BCUT2D eigenvalue weighted by Crippen LogP contribution is 2.42. The summed E-state index contributed by atoms with van der Waals surface area (Å²) in [6.45, 7) is 0.259. The molecule has 0 aromatic heterocycles. The number of halogens is 1. The lowest BCUT2D eigenvalue weighted by Gasteiger charge is -2.43. The molecule has 2 heterocycles. The first-order chi connectivity index (χ1) is 13.0. The van der Waals surface area contributed by atoms with Crippen molar-refractivity contribution in [2.45, 2.75) is 56.4 Å². The molecule has 27 heavy (non-hydrogen) atoms. The molecule has 2 aromatic rings. The second kappa shape index (κ2) is 7.31. The van der Waals surface area contributed by atoms with E-state index in [1.54, 1.807) is 12.1 Å². The molecule has 2 fully saturated rings. The Morgan fingerprint density at radius 2 is 1.67 bits per heavy atom. The Morgan fingerprint density at radius 3 is 2.30 bits per heavy atom. The quantitative estimate of drug-likeness (QED) is 0.884. The maximum Gasteiger partial charge on any atom is 0.410 e. The summed E-state index contributed by atoms with van der Waals surface area (Å²) in [6, 6.07) is 15.9. The van der Waals surface area contributed by atoms with Crippen LogP contribution in [-0.4, -0.2) is 33.8 Å². The van der Waals surface area contributed by atoms with Gasteiger partial charge in [0.15, 0.2) is 0 Å². The number of benzene rings is 2. The minimum atomic E-state index is -0.861. The Balaban J connectivity index is 1.39. The number of rotatable bonds is 4. The van der Waals surface area contributed by atoms with Crippen LogP contribution < -0.4 is 0 Å². The monoisotopic (exact) mass is 369 g/mol. The van der Waals surface area contributed by atoms with Gasteiger partial charge >= 0.3 is 6.09 Å². The first-order valence-corrected chi connectivity index (χ1v) is 9.48. The Kier molecular flexibility index (Phi) is 4.87. The third kappa shape index (κ3) is 3.98. The van der Waals surface area contributed by atoms with E-state index in [2.05, 4.69) is 0 Å². The zero-order chi connectivity index (χ0) is 18.9. The van der Waals surface area contributed by atoms with E-state index in [4.69, 9.17) is 4.74 Å². The Labute approximate surface area is 158 Å². The van der Waals surface area contributed by atoms with E-state index in [1.165, 1.54) is 12.1 Å². The predicted molar refractivity (Wildman–Crippen MR) is 99.6 cm³/mol. The molecular formula is C22H24FNO3. The molecule has 1 N–H and O–H groups in total. The van der Waals surface area contributed by atoms with Crippen LogP contribution in [0.5, 0.6) is 0 Å². The predicted octanol–water partition coefficient (Wildman–Crippen LogP) is 4.06. The van der Waals surface area contributed by atoms with Crippen molar-refractivity contribution in [3.63, 3.8) is 0 Å². The number of piperidine rings is 1. The van der Waals surface area contributed by atoms with Gasteiger partial charge in [0.1, 0.15) is 12.4 Å². The molecule has 2 saturated heterocycles. The summed E-state index contributed by atoms with van der Waals surface area (Å²) in [5.74, 6) is -0.276. The number of fused-ring (bicyclic) bond motifs is 2. The average Bonchev–Trinajstić information content (AvgIpc) is 2.95. The van der Waals surface area contributed by atoms with E-state index in [0.29, 0.717) is 19.3 Å². The largest absolute Gasteiger partial charge is 0.445 e. The fraction of sp³-hybridized carbons (Fsp3) is 0.409. The smallest absolute Gasteiger partial charge is 0.410 e. The van der Waals surface area contributed by atoms with Crippen LogP contribution in [0.15, 0.2) is 54.6 Å². The molecule has 4 nitrogen and oxygen atoms in total. The van der Waals surface area contributed by atoms with Crippen molar-refractivity contribution in [1.29, 1.82) is 0 Å². The first kappa shape index (κ1) is 18.0. The summed E-state index contributed by atoms with van der Waals surface area (Å²) in [6.07, 6.45) is 3.01. The van der Waals surface area contributed by atoms with Gasteiger partial charge in [0.25, 0.3) is 0 Å². The molecule has 0 radical (unpaired) electrons. The summed E-state index contributed by atoms with van der Waals surface area (Å²) in [4.78, 5) is 14.4. The molecule has 142 valence electrons. The lowest BCUT2D eigenvalue weighted by atomic mass is 9.81. The molecule has 2 bridgehead atoms. The number of hydrogen-bond acceptors (Lipinski definition) is 3. The van der Waals surface area contributed by atoms with Gasteiger partial charge in [-0.3, -0.25) is 0 Å². The van der Waals surface area contributed by atoms with Crippen molar-refractivity contribution in [3.8, 4) is 0 Å².